The van der Waals surface area contributed by atoms with Gasteiger partial charge in [-0.15, -0.1) is 0 Å². The molecule has 0 aromatic heterocycles. The number of aliphatic hydroxyl groups is 1. The van der Waals surface area contributed by atoms with Crippen molar-refractivity contribution in [3.63, 3.8) is 0 Å². The predicted molar refractivity (Wildman–Crippen MR) is 81.5 cm³/mol. The Hall–Kier alpha value is -1.22. The number of nitro groups is 1. The molecule has 0 aliphatic heterocycles. The highest BCUT2D eigenvalue weighted by atomic mass is 127. The summed E-state index contributed by atoms with van der Waals surface area (Å²) in [5, 5.41) is 22.9. The maximum atomic E-state index is 12.2. The Bertz CT molecular complexity index is 535. The van der Waals surface area contributed by atoms with E-state index in [-0.39, 0.29) is 30.2 Å². The molecule has 20 heavy (non-hydrogen) atoms. The third-order valence-corrected chi connectivity index (χ3v) is 4.56. The highest BCUT2D eigenvalue weighted by Gasteiger charge is 2.28. The number of carbonyl (C=O) groups excluding carboxylic acids is 1. The summed E-state index contributed by atoms with van der Waals surface area (Å²) in [6.07, 6.45) is 2.71. The number of hydrogen-bond donors (Lipinski definition) is 2. The molecule has 0 radical (unpaired) electrons. The van der Waals surface area contributed by atoms with Gasteiger partial charge in [-0.05, 0) is 41.5 Å². The minimum Gasteiger partial charge on any atom is -0.396 e. The fourth-order valence-electron chi connectivity index (χ4n) is 2.49. The lowest BCUT2D eigenvalue weighted by molar-refractivity contribution is -0.384. The minimum absolute atomic E-state index is 0.0526. The molecule has 0 spiro atoms. The van der Waals surface area contributed by atoms with Crippen molar-refractivity contribution < 1.29 is 14.8 Å². The van der Waals surface area contributed by atoms with Crippen molar-refractivity contribution in [1.82, 2.24) is 5.32 Å². The van der Waals surface area contributed by atoms with Crippen molar-refractivity contribution >= 4 is 34.2 Å². The SMILES string of the molecule is O=C(NC1CCCC1CO)c1cc([N+](=O)[O-])ccc1I. The van der Waals surface area contributed by atoms with Crippen LogP contribution in [0.4, 0.5) is 5.69 Å². The molecule has 1 amide bonds. The van der Waals surface area contributed by atoms with Gasteiger partial charge in [-0.25, -0.2) is 0 Å². The zero-order valence-electron chi connectivity index (χ0n) is 10.7. The summed E-state index contributed by atoms with van der Waals surface area (Å²) in [4.78, 5) is 22.5. The first-order valence-electron chi connectivity index (χ1n) is 6.38. The van der Waals surface area contributed by atoms with E-state index in [9.17, 15) is 20.0 Å². The van der Waals surface area contributed by atoms with Crippen LogP contribution in [0, 0.1) is 19.6 Å². The van der Waals surface area contributed by atoms with Crippen LogP contribution < -0.4 is 5.32 Å². The van der Waals surface area contributed by atoms with Crippen molar-refractivity contribution in [2.24, 2.45) is 5.92 Å². The molecule has 0 heterocycles. The summed E-state index contributed by atoms with van der Waals surface area (Å²) in [5.74, 6) is -0.237. The molecular formula is C13H15IN2O4. The molecule has 1 fully saturated rings. The summed E-state index contributed by atoms with van der Waals surface area (Å²) < 4.78 is 0.671. The van der Waals surface area contributed by atoms with Gasteiger partial charge in [-0.2, -0.15) is 0 Å². The fourth-order valence-corrected chi connectivity index (χ4v) is 3.07. The third-order valence-electron chi connectivity index (χ3n) is 3.62. The van der Waals surface area contributed by atoms with Crippen molar-refractivity contribution in [2.45, 2.75) is 25.3 Å². The van der Waals surface area contributed by atoms with E-state index < -0.39 is 4.92 Å². The monoisotopic (exact) mass is 390 g/mol. The molecule has 1 aliphatic rings. The van der Waals surface area contributed by atoms with E-state index in [1.54, 1.807) is 6.07 Å². The van der Waals surface area contributed by atoms with Gasteiger partial charge in [0.1, 0.15) is 0 Å². The van der Waals surface area contributed by atoms with Crippen LogP contribution >= 0.6 is 22.6 Å². The molecule has 2 unspecified atom stereocenters. The number of amides is 1. The third kappa shape index (κ3) is 3.26. The first kappa shape index (κ1) is 15.2. The quantitative estimate of drug-likeness (QED) is 0.468. The van der Waals surface area contributed by atoms with Crippen molar-refractivity contribution in [3.8, 4) is 0 Å². The van der Waals surface area contributed by atoms with E-state index in [1.807, 2.05) is 22.6 Å². The second kappa shape index (κ2) is 6.49. The minimum atomic E-state index is -0.515. The largest absolute Gasteiger partial charge is 0.396 e. The Morgan fingerprint density at radius 1 is 1.50 bits per heavy atom. The lowest BCUT2D eigenvalue weighted by Gasteiger charge is -2.19. The zero-order valence-corrected chi connectivity index (χ0v) is 12.9. The molecule has 1 aromatic carbocycles. The average Bonchev–Trinajstić information content (AvgIpc) is 2.86. The highest BCUT2D eigenvalue weighted by molar-refractivity contribution is 14.1. The summed E-state index contributed by atoms with van der Waals surface area (Å²) >= 11 is 1.98. The van der Waals surface area contributed by atoms with Crippen LogP contribution in [0.15, 0.2) is 18.2 Å². The molecule has 0 saturated heterocycles. The Morgan fingerprint density at radius 3 is 2.90 bits per heavy atom. The number of non-ortho nitro benzene ring substituents is 1. The molecule has 0 bridgehead atoms. The first-order valence-corrected chi connectivity index (χ1v) is 7.46. The van der Waals surface area contributed by atoms with Gasteiger partial charge in [-0.3, -0.25) is 14.9 Å². The van der Waals surface area contributed by atoms with Crippen LogP contribution in [0.1, 0.15) is 29.6 Å². The lowest BCUT2D eigenvalue weighted by Crippen LogP contribution is -2.38. The Morgan fingerprint density at radius 2 is 2.25 bits per heavy atom. The molecule has 2 atom stereocenters. The Balaban J connectivity index is 2.16. The number of halogens is 1. The van der Waals surface area contributed by atoms with E-state index in [0.29, 0.717) is 9.13 Å². The topological polar surface area (TPSA) is 92.5 Å². The smallest absolute Gasteiger partial charge is 0.270 e. The summed E-state index contributed by atoms with van der Waals surface area (Å²) in [6, 6.07) is 4.18. The van der Waals surface area contributed by atoms with E-state index in [1.165, 1.54) is 12.1 Å². The van der Waals surface area contributed by atoms with Crippen molar-refractivity contribution in [3.05, 3.63) is 37.4 Å². The van der Waals surface area contributed by atoms with Crippen LogP contribution in [0.5, 0.6) is 0 Å². The van der Waals surface area contributed by atoms with Gasteiger partial charge in [-0.1, -0.05) is 6.42 Å². The molecule has 6 nitrogen and oxygen atoms in total. The van der Waals surface area contributed by atoms with Gasteiger partial charge in [0, 0.05) is 34.3 Å². The Kier molecular flexibility index (Phi) is 4.92. The molecule has 2 N–H and O–H groups in total. The van der Waals surface area contributed by atoms with Gasteiger partial charge in [0.15, 0.2) is 0 Å². The first-order chi connectivity index (χ1) is 9.52. The van der Waals surface area contributed by atoms with Crippen molar-refractivity contribution in [2.75, 3.05) is 6.61 Å². The number of hydrogen-bond acceptors (Lipinski definition) is 4. The molecule has 1 saturated carbocycles. The summed E-state index contributed by atoms with van der Waals surface area (Å²) in [7, 11) is 0. The van der Waals surface area contributed by atoms with Crippen LogP contribution in [-0.4, -0.2) is 28.6 Å². The predicted octanol–water partition coefficient (Wildman–Crippen LogP) is 2.09. The number of nitro benzene ring substituents is 1. The maximum Gasteiger partial charge on any atom is 0.270 e. The zero-order chi connectivity index (χ0) is 14.7. The van der Waals surface area contributed by atoms with Crippen LogP contribution in [0.25, 0.3) is 0 Å². The van der Waals surface area contributed by atoms with Gasteiger partial charge >= 0.3 is 0 Å². The van der Waals surface area contributed by atoms with Gasteiger partial charge in [0.25, 0.3) is 11.6 Å². The number of nitrogens with zero attached hydrogens (tertiary/aromatic N) is 1. The van der Waals surface area contributed by atoms with Gasteiger partial charge in [0.2, 0.25) is 0 Å². The maximum absolute atomic E-state index is 12.2. The van der Waals surface area contributed by atoms with Crippen LogP contribution in [0.3, 0.4) is 0 Å². The number of nitrogens with one attached hydrogen (secondary N) is 1. The van der Waals surface area contributed by atoms with Crippen molar-refractivity contribution in [1.29, 1.82) is 0 Å². The normalized spacial score (nSPS) is 21.7. The lowest BCUT2D eigenvalue weighted by atomic mass is 10.0. The van der Waals surface area contributed by atoms with E-state index in [2.05, 4.69) is 5.32 Å². The van der Waals surface area contributed by atoms with Gasteiger partial charge in [0.05, 0.1) is 10.5 Å². The molecule has 2 rings (SSSR count). The fraction of sp³-hybridized carbons (Fsp3) is 0.462. The van der Waals surface area contributed by atoms with E-state index in [4.69, 9.17) is 0 Å². The number of benzene rings is 1. The van der Waals surface area contributed by atoms with E-state index in [0.717, 1.165) is 19.3 Å². The second-order valence-corrected chi connectivity index (χ2v) is 6.04. The molecule has 1 aliphatic carbocycles. The van der Waals surface area contributed by atoms with Gasteiger partial charge < -0.3 is 10.4 Å². The second-order valence-electron chi connectivity index (χ2n) is 4.87. The van der Waals surface area contributed by atoms with Crippen LogP contribution in [0.2, 0.25) is 0 Å². The Labute approximate surface area is 129 Å². The number of aliphatic hydroxyl groups excluding tert-OH is 1. The standard InChI is InChI=1S/C13H15IN2O4/c14-11-5-4-9(16(19)20)6-10(11)13(18)15-12-3-1-2-8(12)7-17/h4-6,8,12,17H,1-3,7H2,(H,15,18). The number of rotatable bonds is 4. The highest BCUT2D eigenvalue weighted by Crippen LogP contribution is 2.26. The number of carbonyl (C=O) groups is 1. The van der Waals surface area contributed by atoms with E-state index >= 15 is 0 Å². The average molecular weight is 390 g/mol. The molecular weight excluding hydrogens is 375 g/mol. The molecule has 108 valence electrons. The van der Waals surface area contributed by atoms with Crippen LogP contribution in [-0.2, 0) is 0 Å². The molecule has 1 aromatic rings. The summed E-state index contributed by atoms with van der Waals surface area (Å²) in [6.45, 7) is 0.0526. The summed E-state index contributed by atoms with van der Waals surface area (Å²) in [5.41, 5.74) is 0.212. The molecule has 7 heteroatoms.